The van der Waals surface area contributed by atoms with E-state index >= 15 is 0 Å². The van der Waals surface area contributed by atoms with Crippen LogP contribution in [0, 0.1) is 11.8 Å². The van der Waals surface area contributed by atoms with E-state index in [-0.39, 0.29) is 5.54 Å². The van der Waals surface area contributed by atoms with Crippen LogP contribution in [0.15, 0.2) is 24.3 Å². The Morgan fingerprint density at radius 1 is 1.40 bits per heavy atom. The zero-order valence-electron chi connectivity index (χ0n) is 12.9. The molecule has 1 aromatic carbocycles. The molecule has 0 aliphatic heterocycles. The quantitative estimate of drug-likeness (QED) is 0.912. The smallest absolute Gasteiger partial charge is 0.0409 e. The van der Waals surface area contributed by atoms with Crippen molar-refractivity contribution in [2.24, 2.45) is 17.6 Å². The van der Waals surface area contributed by atoms with Crippen LogP contribution >= 0.6 is 11.6 Å². The van der Waals surface area contributed by atoms with E-state index in [2.05, 4.69) is 37.9 Å². The number of likely N-dealkylation sites (N-methyl/N-ethyl adjacent to an activating group) is 1. The second-order valence-corrected chi connectivity index (χ2v) is 7.01. The fourth-order valence-electron chi connectivity index (χ4n) is 3.78. The number of nitrogens with two attached hydrogens (primary N) is 1. The summed E-state index contributed by atoms with van der Waals surface area (Å²) in [5, 5.41) is 0.808. The summed E-state index contributed by atoms with van der Waals surface area (Å²) in [4.78, 5) is 2.45. The average Bonchev–Trinajstić information content (AvgIpc) is 2.39. The molecule has 3 atom stereocenters. The second kappa shape index (κ2) is 6.46. The summed E-state index contributed by atoms with van der Waals surface area (Å²) < 4.78 is 0. The van der Waals surface area contributed by atoms with Crippen molar-refractivity contribution in [2.45, 2.75) is 45.2 Å². The van der Waals surface area contributed by atoms with Gasteiger partial charge in [-0.2, -0.15) is 0 Å². The maximum absolute atomic E-state index is 6.19. The van der Waals surface area contributed by atoms with Crippen LogP contribution in [-0.2, 0) is 6.54 Å². The van der Waals surface area contributed by atoms with Gasteiger partial charge in [-0.25, -0.2) is 0 Å². The maximum Gasteiger partial charge on any atom is 0.0409 e. The van der Waals surface area contributed by atoms with Crippen molar-refractivity contribution >= 4 is 11.6 Å². The van der Waals surface area contributed by atoms with Crippen molar-refractivity contribution in [3.63, 3.8) is 0 Å². The van der Waals surface area contributed by atoms with Gasteiger partial charge in [-0.1, -0.05) is 37.6 Å². The third-order valence-corrected chi connectivity index (χ3v) is 5.40. The molecule has 0 aromatic heterocycles. The standard InChI is InChI=1S/C17H27ClN2/c1-13-7-8-17(12-19,14(2)9-13)20(3)11-15-5-4-6-16(18)10-15/h4-6,10,13-14H,7-9,11-12,19H2,1-3H3. The van der Waals surface area contributed by atoms with Gasteiger partial charge in [0.1, 0.15) is 0 Å². The molecule has 1 aromatic rings. The maximum atomic E-state index is 6.19. The number of hydrogen-bond acceptors (Lipinski definition) is 2. The number of nitrogens with zero attached hydrogens (tertiary/aromatic N) is 1. The highest BCUT2D eigenvalue weighted by molar-refractivity contribution is 6.30. The summed E-state index contributed by atoms with van der Waals surface area (Å²) in [6, 6.07) is 8.14. The minimum Gasteiger partial charge on any atom is -0.329 e. The van der Waals surface area contributed by atoms with E-state index in [1.807, 2.05) is 12.1 Å². The van der Waals surface area contributed by atoms with Crippen molar-refractivity contribution in [2.75, 3.05) is 13.6 Å². The highest BCUT2D eigenvalue weighted by Crippen LogP contribution is 2.40. The molecule has 2 nitrogen and oxygen atoms in total. The van der Waals surface area contributed by atoms with Crippen LogP contribution in [0.3, 0.4) is 0 Å². The molecular weight excluding hydrogens is 268 g/mol. The van der Waals surface area contributed by atoms with E-state index < -0.39 is 0 Å². The third-order valence-electron chi connectivity index (χ3n) is 5.17. The highest BCUT2D eigenvalue weighted by Gasteiger charge is 2.42. The lowest BCUT2D eigenvalue weighted by Gasteiger charge is -2.50. The number of benzene rings is 1. The second-order valence-electron chi connectivity index (χ2n) is 6.57. The van der Waals surface area contributed by atoms with Gasteiger partial charge in [-0.15, -0.1) is 0 Å². The van der Waals surface area contributed by atoms with Gasteiger partial charge in [0, 0.05) is 23.7 Å². The molecule has 2 N–H and O–H groups in total. The largest absolute Gasteiger partial charge is 0.329 e. The van der Waals surface area contributed by atoms with Gasteiger partial charge >= 0.3 is 0 Å². The summed E-state index contributed by atoms with van der Waals surface area (Å²) in [7, 11) is 2.21. The Morgan fingerprint density at radius 3 is 2.75 bits per heavy atom. The Bertz CT molecular complexity index is 448. The molecule has 20 heavy (non-hydrogen) atoms. The van der Waals surface area contributed by atoms with E-state index in [4.69, 9.17) is 17.3 Å². The lowest BCUT2D eigenvalue weighted by Crippen LogP contribution is -2.58. The molecule has 0 amide bonds. The molecule has 0 saturated heterocycles. The van der Waals surface area contributed by atoms with Gasteiger partial charge in [0.15, 0.2) is 0 Å². The molecular formula is C17H27ClN2. The van der Waals surface area contributed by atoms with Gasteiger partial charge in [0.05, 0.1) is 0 Å². The lowest BCUT2D eigenvalue weighted by molar-refractivity contribution is 0.0128. The van der Waals surface area contributed by atoms with Crippen LogP contribution in [0.25, 0.3) is 0 Å². The first-order chi connectivity index (χ1) is 9.48. The molecule has 0 heterocycles. The Morgan fingerprint density at radius 2 is 2.15 bits per heavy atom. The Labute approximate surface area is 128 Å². The molecule has 1 saturated carbocycles. The van der Waals surface area contributed by atoms with Crippen molar-refractivity contribution in [1.82, 2.24) is 4.90 Å². The Hall–Kier alpha value is -0.570. The van der Waals surface area contributed by atoms with E-state index in [0.717, 1.165) is 24.0 Å². The summed E-state index contributed by atoms with van der Waals surface area (Å²) in [6.45, 7) is 6.36. The number of rotatable bonds is 4. The average molecular weight is 295 g/mol. The fraction of sp³-hybridized carbons (Fsp3) is 0.647. The first-order valence-corrected chi connectivity index (χ1v) is 8.01. The van der Waals surface area contributed by atoms with Gasteiger partial charge in [0.25, 0.3) is 0 Å². The van der Waals surface area contributed by atoms with E-state index in [0.29, 0.717) is 5.92 Å². The molecule has 1 aliphatic carbocycles. The minimum absolute atomic E-state index is 0.134. The fourth-order valence-corrected chi connectivity index (χ4v) is 3.99. The summed E-state index contributed by atoms with van der Waals surface area (Å²) in [6.07, 6.45) is 3.75. The van der Waals surface area contributed by atoms with Crippen LogP contribution in [0.1, 0.15) is 38.7 Å². The Balaban J connectivity index is 2.14. The van der Waals surface area contributed by atoms with Crippen molar-refractivity contribution in [1.29, 1.82) is 0 Å². The summed E-state index contributed by atoms with van der Waals surface area (Å²) in [5.74, 6) is 1.46. The zero-order chi connectivity index (χ0) is 14.8. The van der Waals surface area contributed by atoms with Gasteiger partial charge in [-0.3, -0.25) is 4.90 Å². The molecule has 3 heteroatoms. The SMILES string of the molecule is CC1CCC(CN)(N(C)Cc2cccc(Cl)c2)C(C)C1. The van der Waals surface area contributed by atoms with E-state index in [1.165, 1.54) is 24.8 Å². The van der Waals surface area contributed by atoms with Crippen molar-refractivity contribution < 1.29 is 0 Å². The molecule has 1 aliphatic rings. The van der Waals surface area contributed by atoms with Crippen molar-refractivity contribution in [3.8, 4) is 0 Å². The lowest BCUT2D eigenvalue weighted by atomic mass is 9.69. The highest BCUT2D eigenvalue weighted by atomic mass is 35.5. The van der Waals surface area contributed by atoms with Crippen LogP contribution < -0.4 is 5.73 Å². The van der Waals surface area contributed by atoms with E-state index in [1.54, 1.807) is 0 Å². The zero-order valence-corrected chi connectivity index (χ0v) is 13.7. The van der Waals surface area contributed by atoms with Crippen LogP contribution in [0.4, 0.5) is 0 Å². The number of halogens is 1. The minimum atomic E-state index is 0.134. The molecule has 112 valence electrons. The van der Waals surface area contributed by atoms with Crippen LogP contribution in [0.5, 0.6) is 0 Å². The summed E-state index contributed by atoms with van der Waals surface area (Å²) in [5.41, 5.74) is 7.59. The molecule has 0 radical (unpaired) electrons. The first kappa shape index (κ1) is 15.8. The monoisotopic (exact) mass is 294 g/mol. The topological polar surface area (TPSA) is 29.3 Å². The molecule has 0 bridgehead atoms. The predicted molar refractivity (Wildman–Crippen MR) is 86.9 cm³/mol. The van der Waals surface area contributed by atoms with Gasteiger partial charge in [0.2, 0.25) is 0 Å². The van der Waals surface area contributed by atoms with E-state index in [9.17, 15) is 0 Å². The number of hydrogen-bond donors (Lipinski definition) is 1. The first-order valence-electron chi connectivity index (χ1n) is 7.63. The third kappa shape index (κ3) is 3.19. The molecule has 2 rings (SSSR count). The molecule has 3 unspecified atom stereocenters. The predicted octanol–water partition coefficient (Wildman–Crippen LogP) is 3.93. The van der Waals surface area contributed by atoms with Crippen LogP contribution in [0.2, 0.25) is 5.02 Å². The summed E-state index contributed by atoms with van der Waals surface area (Å²) >= 11 is 6.09. The molecule has 1 fully saturated rings. The van der Waals surface area contributed by atoms with Gasteiger partial charge in [-0.05, 0) is 55.8 Å². The Kier molecular flexibility index (Phi) is 5.11. The van der Waals surface area contributed by atoms with Gasteiger partial charge < -0.3 is 5.73 Å². The molecule has 0 spiro atoms. The van der Waals surface area contributed by atoms with Crippen LogP contribution in [-0.4, -0.2) is 24.0 Å². The van der Waals surface area contributed by atoms with Crippen molar-refractivity contribution in [3.05, 3.63) is 34.9 Å². The normalized spacial score (nSPS) is 30.7.